The Hall–Kier alpha value is -3.47. The molecule has 0 aliphatic carbocycles. The number of nitrogens with one attached hydrogen (secondary N) is 3. The highest BCUT2D eigenvalue weighted by atomic mass is 35.5. The second-order valence-electron chi connectivity index (χ2n) is 9.74. The van der Waals surface area contributed by atoms with Crippen molar-refractivity contribution in [2.45, 2.75) is 69.5 Å². The van der Waals surface area contributed by atoms with E-state index in [1.54, 1.807) is 32.9 Å². The summed E-state index contributed by atoms with van der Waals surface area (Å²) < 4.78 is 51.4. The average Bonchev–Trinajstić information content (AvgIpc) is 2.88. The minimum atomic E-state index is -4.18. The fourth-order valence-corrected chi connectivity index (χ4v) is 5.25. The molecule has 1 aromatic rings. The van der Waals surface area contributed by atoms with Crippen molar-refractivity contribution in [2.24, 2.45) is 16.5 Å². The zero-order chi connectivity index (χ0) is 33.0. The van der Waals surface area contributed by atoms with E-state index in [0.29, 0.717) is 12.0 Å². The maximum atomic E-state index is 13.5. The van der Waals surface area contributed by atoms with E-state index in [1.165, 1.54) is 18.2 Å². The van der Waals surface area contributed by atoms with Crippen molar-refractivity contribution in [3.63, 3.8) is 0 Å². The Kier molecular flexibility index (Phi) is 14.8. The van der Waals surface area contributed by atoms with Gasteiger partial charge in [-0.1, -0.05) is 47.9 Å². The van der Waals surface area contributed by atoms with E-state index in [0.717, 1.165) is 17.9 Å². The van der Waals surface area contributed by atoms with Crippen LogP contribution in [-0.4, -0.2) is 76.6 Å². The van der Waals surface area contributed by atoms with Gasteiger partial charge in [0.1, 0.15) is 16.4 Å². The summed E-state index contributed by atoms with van der Waals surface area (Å²) in [6.07, 6.45) is 3.03. The highest BCUT2D eigenvalue weighted by molar-refractivity contribution is 7.96. The number of aryl methyl sites for hydroxylation is 1. The molecule has 2 amide bonds. The zero-order valence-electron chi connectivity index (χ0n) is 24.3. The minimum Gasteiger partial charge on any atom is -0.481 e. The summed E-state index contributed by atoms with van der Waals surface area (Å²) in [5, 5.41) is 14.1. The summed E-state index contributed by atoms with van der Waals surface area (Å²) in [5.74, 6) is -3.28. The first-order chi connectivity index (χ1) is 19.8. The molecule has 0 spiro atoms. The van der Waals surface area contributed by atoms with Crippen LogP contribution in [0.2, 0.25) is 0 Å². The number of hydrogen-bond acceptors (Lipinski definition) is 8. The van der Waals surface area contributed by atoms with Gasteiger partial charge in [0, 0.05) is 12.8 Å². The third kappa shape index (κ3) is 14.0. The molecule has 0 saturated heterocycles. The number of aliphatic carboxylic acids is 1. The summed E-state index contributed by atoms with van der Waals surface area (Å²) in [6, 6.07) is 1.86. The number of allylic oxidation sites excluding steroid dienone is 1. The van der Waals surface area contributed by atoms with Gasteiger partial charge in [-0.25, -0.2) is 16.8 Å². The number of nitrogens with zero attached hydrogens (tertiary/aromatic N) is 1. The lowest BCUT2D eigenvalue weighted by Gasteiger charge is -2.23. The average molecular weight is 663 g/mol. The molecule has 0 heterocycles. The van der Waals surface area contributed by atoms with Gasteiger partial charge >= 0.3 is 5.97 Å². The first kappa shape index (κ1) is 37.6. The molecule has 0 radical (unpaired) electrons. The summed E-state index contributed by atoms with van der Waals surface area (Å²) in [7, 11) is -8.07. The molecule has 8 N–H and O–H groups in total. The van der Waals surface area contributed by atoms with Gasteiger partial charge in [0.2, 0.25) is 21.8 Å². The monoisotopic (exact) mass is 662 g/mol. The number of amides is 2. The number of rotatable bonds is 17. The first-order valence-electron chi connectivity index (χ1n) is 13.1. The Morgan fingerprint density at radius 2 is 1.65 bits per heavy atom. The lowest BCUT2D eigenvalue weighted by molar-refractivity contribution is -0.137. The number of aliphatic imine (C=N–C) groups is 1. The molecule has 14 nitrogen and oxygen atoms in total. The molecule has 1 rings (SSSR count). The van der Waals surface area contributed by atoms with Crippen molar-refractivity contribution in [1.82, 2.24) is 15.4 Å². The molecule has 0 aliphatic rings. The molecule has 43 heavy (non-hydrogen) atoms. The van der Waals surface area contributed by atoms with Crippen molar-refractivity contribution in [1.29, 1.82) is 0 Å². The summed E-state index contributed by atoms with van der Waals surface area (Å²) in [4.78, 5) is 41.9. The third-order valence-electron chi connectivity index (χ3n) is 5.89. The Balaban J connectivity index is 3.37. The van der Waals surface area contributed by atoms with Crippen molar-refractivity contribution in [3.05, 3.63) is 51.9 Å². The Labute approximate surface area is 257 Å². The molecule has 0 bridgehead atoms. The van der Waals surface area contributed by atoms with E-state index in [1.807, 2.05) is 0 Å². The number of benzene rings is 1. The molecule has 240 valence electrons. The second kappa shape index (κ2) is 17.0. The van der Waals surface area contributed by atoms with Crippen LogP contribution in [0.15, 0.2) is 56.2 Å². The molecule has 0 fully saturated rings. The lowest BCUT2D eigenvalue weighted by Crippen LogP contribution is -2.54. The number of hydrogen-bond donors (Lipinski definition) is 6. The number of carbonyl (C=O) groups excluding carboxylic acids is 2. The maximum absolute atomic E-state index is 13.5. The Morgan fingerprint density at radius 3 is 2.16 bits per heavy atom. The van der Waals surface area contributed by atoms with Crippen LogP contribution in [0, 0.1) is 6.92 Å². The molecule has 1 unspecified atom stereocenters. The van der Waals surface area contributed by atoms with E-state index < -0.39 is 66.6 Å². The second-order valence-corrected chi connectivity index (χ2v) is 14.1. The van der Waals surface area contributed by atoms with Crippen LogP contribution in [0.5, 0.6) is 0 Å². The van der Waals surface area contributed by atoms with Crippen molar-refractivity contribution in [3.8, 4) is 0 Å². The normalized spacial score (nSPS) is 14.7. The largest absolute Gasteiger partial charge is 0.481 e. The number of sulfone groups is 1. The molecular formula is C26H39ClN6O8S2. The standard InChI is InChI=1S/C26H39ClN6O8S2/c1-5-16(2)13-21(25(37)31-18(15-23(34)35)14-22(27)42(4,38)39)32-24(36)20(7-6-12-30-26(28)29)33-43(40,41)19-10-8-17(3)9-11-19/h8-11,13-14,18,20-21,33H,5-7,12,15H2,1-4H3,(H,31,37)(H,32,36)(H,34,35)(H4,28,29,30)/b16-13-,22-14+/t18-,20+,21?/m1/s1. The minimum absolute atomic E-state index is 0.0487. The van der Waals surface area contributed by atoms with Crippen LogP contribution >= 0.6 is 11.6 Å². The molecular weight excluding hydrogens is 624 g/mol. The number of halogens is 1. The molecule has 17 heteroatoms. The predicted molar refractivity (Wildman–Crippen MR) is 164 cm³/mol. The molecule has 0 aromatic heterocycles. The number of nitrogens with two attached hydrogens (primary N) is 2. The van der Waals surface area contributed by atoms with Gasteiger partial charge in [0.25, 0.3) is 0 Å². The molecule has 1 aromatic carbocycles. The van der Waals surface area contributed by atoms with Gasteiger partial charge in [0.15, 0.2) is 15.8 Å². The van der Waals surface area contributed by atoms with Gasteiger partial charge in [0.05, 0.1) is 17.4 Å². The fourth-order valence-electron chi connectivity index (χ4n) is 3.45. The van der Waals surface area contributed by atoms with Crippen LogP contribution in [0.25, 0.3) is 0 Å². The third-order valence-corrected chi connectivity index (χ3v) is 9.19. The van der Waals surface area contributed by atoms with E-state index in [-0.39, 0.29) is 30.2 Å². The van der Waals surface area contributed by atoms with Crippen LogP contribution in [0.3, 0.4) is 0 Å². The quantitative estimate of drug-likeness (QED) is 0.0588. The highest BCUT2D eigenvalue weighted by Gasteiger charge is 2.30. The van der Waals surface area contributed by atoms with Gasteiger partial charge in [-0.3, -0.25) is 19.4 Å². The van der Waals surface area contributed by atoms with E-state index in [9.17, 15) is 36.3 Å². The summed E-state index contributed by atoms with van der Waals surface area (Å²) >= 11 is 5.79. The van der Waals surface area contributed by atoms with Crippen LogP contribution in [0.4, 0.5) is 0 Å². The van der Waals surface area contributed by atoms with E-state index in [4.69, 9.17) is 23.1 Å². The van der Waals surface area contributed by atoms with Crippen LogP contribution in [-0.2, 0) is 34.2 Å². The van der Waals surface area contributed by atoms with E-state index >= 15 is 0 Å². The van der Waals surface area contributed by atoms with Gasteiger partial charge in [-0.2, -0.15) is 4.72 Å². The fraction of sp³-hybridized carbons (Fsp3) is 0.462. The van der Waals surface area contributed by atoms with Crippen molar-refractivity contribution >= 4 is 55.2 Å². The maximum Gasteiger partial charge on any atom is 0.305 e. The number of sulfonamides is 1. The van der Waals surface area contributed by atoms with Gasteiger partial charge < -0.3 is 27.2 Å². The Morgan fingerprint density at radius 1 is 1.05 bits per heavy atom. The van der Waals surface area contributed by atoms with Crippen LogP contribution in [0.1, 0.15) is 45.1 Å². The van der Waals surface area contributed by atoms with Crippen LogP contribution < -0.4 is 26.8 Å². The smallest absolute Gasteiger partial charge is 0.305 e. The van der Waals surface area contributed by atoms with E-state index in [2.05, 4.69) is 20.3 Å². The van der Waals surface area contributed by atoms with Crippen molar-refractivity contribution < 1.29 is 36.3 Å². The zero-order valence-corrected chi connectivity index (χ0v) is 26.7. The number of carbonyl (C=O) groups is 3. The lowest BCUT2D eigenvalue weighted by atomic mass is 10.1. The number of carboxylic acids is 1. The predicted octanol–water partition coefficient (Wildman–Crippen LogP) is 0.621. The number of guanidine groups is 1. The molecule has 0 aliphatic heterocycles. The number of carboxylic acid groups (broad SMARTS) is 1. The summed E-state index contributed by atoms with van der Waals surface area (Å²) in [6.45, 7) is 5.37. The topological polar surface area (TPSA) is 240 Å². The van der Waals surface area contributed by atoms with Gasteiger partial charge in [-0.15, -0.1) is 0 Å². The van der Waals surface area contributed by atoms with Crippen molar-refractivity contribution in [2.75, 3.05) is 12.8 Å². The van der Waals surface area contributed by atoms with Gasteiger partial charge in [-0.05, 0) is 51.3 Å². The molecule has 3 atom stereocenters. The molecule has 0 saturated carbocycles. The first-order valence-corrected chi connectivity index (χ1v) is 16.8. The Bertz CT molecular complexity index is 1450. The SMILES string of the molecule is CC/C(C)=C\C(NC(=O)[C@H](CCCN=C(N)N)NS(=O)(=O)c1ccc(C)cc1)C(=O)N[C@H](/C=C(\Cl)S(C)(=O)=O)CC(=O)O. The summed E-state index contributed by atoms with van der Waals surface area (Å²) in [5.41, 5.74) is 12.2. The highest BCUT2D eigenvalue weighted by Crippen LogP contribution is 2.14.